The molecule has 24 heavy (non-hydrogen) atoms. The summed E-state index contributed by atoms with van der Waals surface area (Å²) in [5.74, 6) is 1.36. The summed E-state index contributed by atoms with van der Waals surface area (Å²) in [7, 11) is 2.12. The van der Waals surface area contributed by atoms with Gasteiger partial charge in [-0.1, -0.05) is 84.0 Å². The van der Waals surface area contributed by atoms with Crippen LogP contribution in [0.15, 0.2) is 12.4 Å². The summed E-state index contributed by atoms with van der Waals surface area (Å²) in [5, 5.41) is 0. The number of unbranched alkanes of at least 4 members (excludes halogenated alkanes) is 13. The van der Waals surface area contributed by atoms with Crippen molar-refractivity contribution in [2.24, 2.45) is 7.05 Å². The molecule has 0 amide bonds. The minimum absolute atomic E-state index is 0. The largest absolute Gasteiger partial charge is 1.00 e. The van der Waals surface area contributed by atoms with E-state index in [4.69, 9.17) is 0 Å². The van der Waals surface area contributed by atoms with Crippen LogP contribution in [0.4, 0.5) is 0 Å². The number of aromatic nitrogens is 2. The summed E-state index contributed by atoms with van der Waals surface area (Å²) in [5.41, 5.74) is 0. The summed E-state index contributed by atoms with van der Waals surface area (Å²) in [6.45, 7) is 5.68. The normalized spacial score (nSPS) is 10.8. The van der Waals surface area contributed by atoms with Crippen molar-refractivity contribution in [2.75, 3.05) is 0 Å². The Labute approximate surface area is 168 Å². The molecular weight excluding hydrogens is 407 g/mol. The smallest absolute Gasteiger partial charge is 0.253 e. The van der Waals surface area contributed by atoms with E-state index >= 15 is 0 Å². The van der Waals surface area contributed by atoms with Gasteiger partial charge in [-0.3, -0.25) is 0 Å². The van der Waals surface area contributed by atoms with Crippen LogP contribution in [-0.4, -0.2) is 4.57 Å². The number of rotatable bonds is 15. The molecule has 142 valence electrons. The maximum absolute atomic E-state index is 2.38. The van der Waals surface area contributed by atoms with Gasteiger partial charge >= 0.3 is 0 Å². The first-order valence-electron chi connectivity index (χ1n) is 10.3. The third-order valence-electron chi connectivity index (χ3n) is 5.15. The molecule has 0 atom stereocenters. The molecule has 0 aliphatic heterocycles. The van der Waals surface area contributed by atoms with Crippen molar-refractivity contribution < 1.29 is 28.5 Å². The average molecular weight is 448 g/mol. The van der Waals surface area contributed by atoms with E-state index in [1.807, 2.05) is 0 Å². The second kappa shape index (κ2) is 16.4. The predicted molar refractivity (Wildman–Crippen MR) is 101 cm³/mol. The summed E-state index contributed by atoms with van der Waals surface area (Å²) in [4.78, 5) is 0. The standard InChI is InChI=1S/C21H41N2.HI/c1-4-5-6-7-8-9-10-11-12-13-14-15-16-17-18-23-20-19-22(3)21(23)2;/h19-20H,4-18H2,1-3H3;1H/q+1;/p-1. The van der Waals surface area contributed by atoms with Crippen molar-refractivity contribution in [2.45, 2.75) is 110 Å². The van der Waals surface area contributed by atoms with Gasteiger partial charge < -0.3 is 24.0 Å². The Bertz CT molecular complexity index is 387. The summed E-state index contributed by atoms with van der Waals surface area (Å²) >= 11 is 0. The first-order valence-corrected chi connectivity index (χ1v) is 10.3. The molecule has 0 aliphatic rings. The number of hydrogen-bond donors (Lipinski definition) is 0. The zero-order chi connectivity index (χ0) is 16.8. The minimum atomic E-state index is 0. The molecule has 0 radical (unpaired) electrons. The van der Waals surface area contributed by atoms with Gasteiger partial charge in [-0.15, -0.1) is 0 Å². The highest BCUT2D eigenvalue weighted by atomic mass is 127. The van der Waals surface area contributed by atoms with Crippen LogP contribution in [0.2, 0.25) is 0 Å². The lowest BCUT2D eigenvalue weighted by molar-refractivity contribution is -0.677. The molecule has 2 nitrogen and oxygen atoms in total. The van der Waals surface area contributed by atoms with Gasteiger partial charge in [0.1, 0.15) is 12.4 Å². The number of aryl methyl sites for hydroxylation is 2. The van der Waals surface area contributed by atoms with Gasteiger partial charge in [0.15, 0.2) is 0 Å². The molecular formula is C21H41IN2. The molecule has 1 aromatic rings. The van der Waals surface area contributed by atoms with Gasteiger partial charge in [-0.25, -0.2) is 9.13 Å². The fourth-order valence-electron chi connectivity index (χ4n) is 3.31. The van der Waals surface area contributed by atoms with E-state index in [0.717, 1.165) is 0 Å². The highest BCUT2D eigenvalue weighted by Gasteiger charge is 2.07. The first-order chi connectivity index (χ1) is 11.3. The van der Waals surface area contributed by atoms with Crippen molar-refractivity contribution >= 4 is 0 Å². The topological polar surface area (TPSA) is 8.81 Å². The van der Waals surface area contributed by atoms with Gasteiger partial charge in [0.05, 0.1) is 13.6 Å². The molecule has 0 saturated carbocycles. The molecule has 0 unspecified atom stereocenters. The highest BCUT2D eigenvalue weighted by Crippen LogP contribution is 2.13. The van der Waals surface area contributed by atoms with Crippen LogP contribution in [0.1, 0.15) is 103 Å². The van der Waals surface area contributed by atoms with E-state index < -0.39 is 0 Å². The SMILES string of the molecule is CCCCCCCCCCCCCCCCn1cc[n+](C)c1C.[I-]. The third-order valence-corrected chi connectivity index (χ3v) is 5.15. The van der Waals surface area contributed by atoms with Crippen LogP contribution >= 0.6 is 0 Å². The van der Waals surface area contributed by atoms with Gasteiger partial charge in [0.25, 0.3) is 5.82 Å². The molecule has 0 aliphatic carbocycles. The molecule has 0 aromatic carbocycles. The zero-order valence-corrected chi connectivity index (χ0v) is 18.7. The molecule has 1 aromatic heterocycles. The van der Waals surface area contributed by atoms with Crippen LogP contribution in [0, 0.1) is 6.92 Å². The molecule has 1 heterocycles. The zero-order valence-electron chi connectivity index (χ0n) is 16.5. The van der Waals surface area contributed by atoms with E-state index in [9.17, 15) is 0 Å². The monoisotopic (exact) mass is 448 g/mol. The van der Waals surface area contributed by atoms with Crippen molar-refractivity contribution in [3.8, 4) is 0 Å². The fraction of sp³-hybridized carbons (Fsp3) is 0.857. The second-order valence-corrected chi connectivity index (χ2v) is 7.25. The Hall–Kier alpha value is -0.0600. The van der Waals surface area contributed by atoms with E-state index in [1.54, 1.807) is 0 Å². The van der Waals surface area contributed by atoms with E-state index in [2.05, 4.69) is 42.4 Å². The molecule has 0 saturated heterocycles. The van der Waals surface area contributed by atoms with Gasteiger partial charge in [-0.2, -0.15) is 0 Å². The fourth-order valence-corrected chi connectivity index (χ4v) is 3.31. The van der Waals surface area contributed by atoms with E-state index in [0.29, 0.717) is 0 Å². The molecule has 0 spiro atoms. The molecule has 1 rings (SSSR count). The summed E-state index contributed by atoms with van der Waals surface area (Å²) in [6, 6.07) is 0. The molecule has 3 heteroatoms. The molecule has 0 fully saturated rings. The predicted octanol–water partition coefficient (Wildman–Crippen LogP) is 3.11. The van der Waals surface area contributed by atoms with Gasteiger partial charge in [0.2, 0.25) is 0 Å². The summed E-state index contributed by atoms with van der Waals surface area (Å²) in [6.07, 6.45) is 24.4. The van der Waals surface area contributed by atoms with Crippen LogP contribution < -0.4 is 28.5 Å². The lowest BCUT2D eigenvalue weighted by atomic mass is 10.0. The summed E-state index contributed by atoms with van der Waals surface area (Å²) < 4.78 is 4.57. The lowest BCUT2D eigenvalue weighted by Crippen LogP contribution is -3.00. The van der Waals surface area contributed by atoms with Crippen molar-refractivity contribution in [3.63, 3.8) is 0 Å². The Kier molecular flexibility index (Phi) is 16.4. The third kappa shape index (κ3) is 11.5. The number of halogens is 1. The maximum Gasteiger partial charge on any atom is 0.253 e. The van der Waals surface area contributed by atoms with Crippen molar-refractivity contribution in [3.05, 3.63) is 18.2 Å². The minimum Gasteiger partial charge on any atom is -1.00 e. The van der Waals surface area contributed by atoms with Gasteiger partial charge in [0, 0.05) is 6.92 Å². The quantitative estimate of drug-likeness (QED) is 0.222. The maximum atomic E-state index is 2.38. The van der Waals surface area contributed by atoms with Gasteiger partial charge in [-0.05, 0) is 12.8 Å². The lowest BCUT2D eigenvalue weighted by Gasteiger charge is -2.03. The Morgan fingerprint density at radius 3 is 1.54 bits per heavy atom. The number of hydrogen-bond acceptors (Lipinski definition) is 0. The number of nitrogens with zero attached hydrogens (tertiary/aromatic N) is 2. The Balaban J connectivity index is 0.00000529. The Morgan fingerprint density at radius 1 is 0.750 bits per heavy atom. The second-order valence-electron chi connectivity index (χ2n) is 7.25. The molecule has 0 bridgehead atoms. The van der Waals surface area contributed by atoms with E-state index in [-0.39, 0.29) is 24.0 Å². The molecule has 0 N–H and O–H groups in total. The number of imidazole rings is 1. The van der Waals surface area contributed by atoms with Crippen LogP contribution in [0.3, 0.4) is 0 Å². The highest BCUT2D eigenvalue weighted by molar-refractivity contribution is 4.78. The van der Waals surface area contributed by atoms with Crippen LogP contribution in [-0.2, 0) is 13.6 Å². The van der Waals surface area contributed by atoms with Crippen LogP contribution in [0.5, 0.6) is 0 Å². The average Bonchev–Trinajstić information content (AvgIpc) is 2.87. The van der Waals surface area contributed by atoms with Crippen molar-refractivity contribution in [1.29, 1.82) is 0 Å². The van der Waals surface area contributed by atoms with Crippen molar-refractivity contribution in [1.82, 2.24) is 4.57 Å². The van der Waals surface area contributed by atoms with E-state index in [1.165, 1.54) is 102 Å². The van der Waals surface area contributed by atoms with Crippen LogP contribution in [0.25, 0.3) is 0 Å². The first kappa shape index (κ1) is 23.9. The Morgan fingerprint density at radius 2 is 1.17 bits per heavy atom.